The van der Waals surface area contributed by atoms with Crippen molar-refractivity contribution in [3.05, 3.63) is 70.5 Å². The highest BCUT2D eigenvalue weighted by atomic mass is 79.9. The van der Waals surface area contributed by atoms with Crippen molar-refractivity contribution in [2.45, 2.75) is 18.8 Å². The largest absolute Gasteiger partial charge is 0.340 e. The molecule has 4 aromatic heterocycles. The number of aromatic nitrogens is 4. The molecule has 1 fully saturated rings. The van der Waals surface area contributed by atoms with E-state index in [0.717, 1.165) is 43.7 Å². The Hall–Kier alpha value is -2.90. The third-order valence-electron chi connectivity index (χ3n) is 5.19. The van der Waals surface area contributed by atoms with Crippen molar-refractivity contribution in [2.75, 3.05) is 5.32 Å². The number of benzene rings is 1. The molecule has 0 atom stereocenters. The summed E-state index contributed by atoms with van der Waals surface area (Å²) in [6, 6.07) is 14.3. The number of hydrogen-bond acceptors (Lipinski definition) is 6. The monoisotopic (exact) mass is 473 g/mol. The number of nitrogens with one attached hydrogen (secondary N) is 1. The molecule has 30 heavy (non-hydrogen) atoms. The van der Waals surface area contributed by atoms with E-state index >= 15 is 0 Å². The number of thiazole rings is 1. The number of anilines is 2. The molecule has 5 aromatic rings. The maximum absolute atomic E-state index is 4.91. The standard InChI is InChI=1S/C23H16BrN5S/c24-15-8-14(11-25-12-15)19-10-20-17(2-1-7-26-20)22(28-19)27-16-5-6-18-21(9-16)30-23(29-18)13-3-4-13/h1-2,5-13H,3-4H2,(H,27,28). The summed E-state index contributed by atoms with van der Waals surface area (Å²) >= 11 is 5.30. The predicted octanol–water partition coefficient (Wildman–Crippen LogP) is 6.69. The van der Waals surface area contributed by atoms with Crippen molar-refractivity contribution < 1.29 is 0 Å². The summed E-state index contributed by atoms with van der Waals surface area (Å²) in [6.07, 6.45) is 7.92. The lowest BCUT2D eigenvalue weighted by molar-refractivity contribution is 1.10. The molecule has 1 N–H and O–H groups in total. The highest BCUT2D eigenvalue weighted by molar-refractivity contribution is 9.10. The van der Waals surface area contributed by atoms with E-state index in [1.165, 1.54) is 22.5 Å². The number of nitrogens with zero attached hydrogens (tertiary/aromatic N) is 4. The van der Waals surface area contributed by atoms with E-state index < -0.39 is 0 Å². The molecular weight excluding hydrogens is 458 g/mol. The maximum atomic E-state index is 4.91. The second kappa shape index (κ2) is 7.11. The minimum Gasteiger partial charge on any atom is -0.340 e. The molecule has 1 aliphatic rings. The lowest BCUT2D eigenvalue weighted by Crippen LogP contribution is -1.98. The van der Waals surface area contributed by atoms with Gasteiger partial charge in [0.2, 0.25) is 0 Å². The van der Waals surface area contributed by atoms with Gasteiger partial charge in [-0.3, -0.25) is 9.97 Å². The van der Waals surface area contributed by atoms with Crippen LogP contribution in [0.15, 0.2) is 65.5 Å². The fourth-order valence-corrected chi connectivity index (χ4v) is 5.07. The smallest absolute Gasteiger partial charge is 0.140 e. The summed E-state index contributed by atoms with van der Waals surface area (Å²) in [5.41, 5.74) is 4.72. The first kappa shape index (κ1) is 17.9. The van der Waals surface area contributed by atoms with Gasteiger partial charge in [-0.2, -0.15) is 0 Å². The zero-order chi connectivity index (χ0) is 20.1. The average Bonchev–Trinajstić information content (AvgIpc) is 3.53. The van der Waals surface area contributed by atoms with Crippen LogP contribution in [-0.4, -0.2) is 19.9 Å². The minimum absolute atomic E-state index is 0.672. The van der Waals surface area contributed by atoms with E-state index in [0.29, 0.717) is 5.92 Å². The van der Waals surface area contributed by atoms with Crippen molar-refractivity contribution >= 4 is 59.9 Å². The second-order valence-corrected chi connectivity index (χ2v) is 9.43. The molecule has 5 nitrogen and oxygen atoms in total. The third-order valence-corrected chi connectivity index (χ3v) is 6.81. The van der Waals surface area contributed by atoms with Gasteiger partial charge in [-0.05, 0) is 71.2 Å². The third kappa shape index (κ3) is 3.34. The molecule has 0 spiro atoms. The summed E-state index contributed by atoms with van der Waals surface area (Å²) in [5.74, 6) is 1.45. The summed E-state index contributed by atoms with van der Waals surface area (Å²) in [5, 5.41) is 5.76. The quantitative estimate of drug-likeness (QED) is 0.315. The predicted molar refractivity (Wildman–Crippen MR) is 125 cm³/mol. The molecule has 0 unspecified atom stereocenters. The molecule has 146 valence electrons. The first-order chi connectivity index (χ1) is 14.7. The van der Waals surface area contributed by atoms with Crippen molar-refractivity contribution in [3.63, 3.8) is 0 Å². The Balaban J connectivity index is 1.44. The van der Waals surface area contributed by atoms with Gasteiger partial charge in [0.05, 0.1) is 26.4 Å². The molecule has 0 radical (unpaired) electrons. The normalized spacial score (nSPS) is 13.8. The Morgan fingerprint density at radius 2 is 1.93 bits per heavy atom. The molecule has 0 saturated heterocycles. The number of fused-ring (bicyclic) bond motifs is 2. The van der Waals surface area contributed by atoms with Crippen LogP contribution in [0.3, 0.4) is 0 Å². The van der Waals surface area contributed by atoms with E-state index in [-0.39, 0.29) is 0 Å². The summed E-state index contributed by atoms with van der Waals surface area (Å²) in [7, 11) is 0. The van der Waals surface area contributed by atoms with E-state index in [4.69, 9.17) is 9.97 Å². The van der Waals surface area contributed by atoms with E-state index in [2.05, 4.69) is 49.4 Å². The van der Waals surface area contributed by atoms with Crippen LogP contribution in [0.25, 0.3) is 32.4 Å². The van der Waals surface area contributed by atoms with E-state index in [9.17, 15) is 0 Å². The Bertz CT molecular complexity index is 1410. The number of hydrogen-bond donors (Lipinski definition) is 1. The first-order valence-corrected chi connectivity index (χ1v) is 11.4. The van der Waals surface area contributed by atoms with Gasteiger partial charge in [0.25, 0.3) is 0 Å². The molecule has 1 aliphatic carbocycles. The Morgan fingerprint density at radius 1 is 1.00 bits per heavy atom. The fraction of sp³-hybridized carbons (Fsp3) is 0.130. The van der Waals surface area contributed by atoms with Crippen molar-refractivity contribution in [1.82, 2.24) is 19.9 Å². The Kier molecular flexibility index (Phi) is 4.24. The van der Waals surface area contributed by atoms with Crippen LogP contribution < -0.4 is 5.32 Å². The van der Waals surface area contributed by atoms with Gasteiger partial charge in [-0.25, -0.2) is 9.97 Å². The van der Waals surface area contributed by atoms with Crippen LogP contribution in [0.2, 0.25) is 0 Å². The average molecular weight is 474 g/mol. The number of pyridine rings is 3. The van der Waals surface area contributed by atoms with Gasteiger partial charge in [0.1, 0.15) is 5.82 Å². The van der Waals surface area contributed by atoms with Crippen LogP contribution in [0.5, 0.6) is 0 Å². The first-order valence-electron chi connectivity index (χ1n) is 9.77. The summed E-state index contributed by atoms with van der Waals surface area (Å²) in [4.78, 5) is 18.5. The molecule has 1 aromatic carbocycles. The topological polar surface area (TPSA) is 63.6 Å². The Morgan fingerprint density at radius 3 is 2.80 bits per heavy atom. The number of rotatable bonds is 4. The van der Waals surface area contributed by atoms with Crippen LogP contribution in [0.4, 0.5) is 11.5 Å². The molecular formula is C23H16BrN5S. The molecule has 0 amide bonds. The molecule has 4 heterocycles. The Labute approximate surface area is 185 Å². The fourth-order valence-electron chi connectivity index (χ4n) is 3.53. The SMILES string of the molecule is Brc1cncc(-c2cc3ncccc3c(Nc3ccc4nc(C5CC5)sc4c3)n2)c1. The van der Waals surface area contributed by atoms with Crippen molar-refractivity contribution in [2.24, 2.45) is 0 Å². The van der Waals surface area contributed by atoms with E-state index in [1.54, 1.807) is 23.7 Å². The van der Waals surface area contributed by atoms with Crippen LogP contribution in [0, 0.1) is 0 Å². The second-order valence-electron chi connectivity index (χ2n) is 7.45. The van der Waals surface area contributed by atoms with Crippen LogP contribution in [-0.2, 0) is 0 Å². The van der Waals surface area contributed by atoms with E-state index in [1.807, 2.05) is 30.5 Å². The van der Waals surface area contributed by atoms with Crippen molar-refractivity contribution in [3.8, 4) is 11.3 Å². The molecule has 6 rings (SSSR count). The molecule has 7 heteroatoms. The number of halogens is 1. The van der Waals surface area contributed by atoms with Gasteiger partial charge in [0, 0.05) is 45.6 Å². The van der Waals surface area contributed by atoms with Gasteiger partial charge in [-0.15, -0.1) is 11.3 Å². The lowest BCUT2D eigenvalue weighted by atomic mass is 10.1. The maximum Gasteiger partial charge on any atom is 0.140 e. The van der Waals surface area contributed by atoms with Gasteiger partial charge in [0.15, 0.2) is 0 Å². The van der Waals surface area contributed by atoms with Crippen LogP contribution in [0.1, 0.15) is 23.8 Å². The molecule has 1 saturated carbocycles. The minimum atomic E-state index is 0.672. The lowest BCUT2D eigenvalue weighted by Gasteiger charge is -2.11. The molecule has 0 aliphatic heterocycles. The highest BCUT2D eigenvalue weighted by Crippen LogP contribution is 2.43. The van der Waals surface area contributed by atoms with Gasteiger partial charge in [-0.1, -0.05) is 0 Å². The van der Waals surface area contributed by atoms with Gasteiger partial charge < -0.3 is 5.32 Å². The van der Waals surface area contributed by atoms with Crippen LogP contribution >= 0.6 is 27.3 Å². The zero-order valence-corrected chi connectivity index (χ0v) is 18.2. The molecule has 0 bridgehead atoms. The van der Waals surface area contributed by atoms with Crippen molar-refractivity contribution in [1.29, 1.82) is 0 Å². The highest BCUT2D eigenvalue weighted by Gasteiger charge is 2.27. The van der Waals surface area contributed by atoms with Gasteiger partial charge >= 0.3 is 0 Å². The zero-order valence-electron chi connectivity index (χ0n) is 15.8. The summed E-state index contributed by atoms with van der Waals surface area (Å²) < 4.78 is 2.12. The summed E-state index contributed by atoms with van der Waals surface area (Å²) in [6.45, 7) is 0.